The number of nitro benzene ring substituents is 1. The predicted octanol–water partition coefficient (Wildman–Crippen LogP) is 4.05. The van der Waals surface area contributed by atoms with Gasteiger partial charge in [0.15, 0.2) is 0 Å². The lowest BCUT2D eigenvalue weighted by molar-refractivity contribution is -0.385. The van der Waals surface area contributed by atoms with Crippen LogP contribution in [0.4, 0.5) is 10.7 Å². The second-order valence-electron chi connectivity index (χ2n) is 6.51. The Morgan fingerprint density at radius 2 is 2.07 bits per heavy atom. The van der Waals surface area contributed by atoms with E-state index in [0.29, 0.717) is 16.5 Å². The number of carbonyl (C=O) groups is 2. The molecule has 1 aliphatic rings. The molecule has 1 aromatic heterocycles. The summed E-state index contributed by atoms with van der Waals surface area (Å²) in [6, 6.07) is 3.81. The average Bonchev–Trinajstić information content (AvgIpc) is 2.97. The van der Waals surface area contributed by atoms with Crippen molar-refractivity contribution in [2.45, 2.75) is 26.2 Å². The van der Waals surface area contributed by atoms with Gasteiger partial charge >= 0.3 is 0 Å². The van der Waals surface area contributed by atoms with Crippen molar-refractivity contribution in [2.24, 2.45) is 5.92 Å². The summed E-state index contributed by atoms with van der Waals surface area (Å²) in [6.45, 7) is 2.15. The number of amides is 2. The molecule has 0 aliphatic heterocycles. The first-order valence-corrected chi connectivity index (χ1v) is 9.63. The fourth-order valence-corrected chi connectivity index (χ4v) is 4.80. The minimum Gasteiger partial charge on any atom is -0.355 e. The zero-order valence-corrected chi connectivity index (χ0v) is 16.4. The number of carbonyl (C=O) groups excluding carboxylic acids is 2. The first-order valence-electron chi connectivity index (χ1n) is 8.43. The summed E-state index contributed by atoms with van der Waals surface area (Å²) in [6.07, 6.45) is 2.58. The Morgan fingerprint density at radius 1 is 1.33 bits per heavy atom. The maximum Gasteiger partial charge on any atom is 0.282 e. The van der Waals surface area contributed by atoms with Crippen LogP contribution in [0.2, 0.25) is 5.02 Å². The molecule has 2 N–H and O–H groups in total. The number of hydrogen-bond donors (Lipinski definition) is 2. The fraction of sp³-hybridized carbons (Fsp3) is 0.333. The van der Waals surface area contributed by atoms with Crippen LogP contribution >= 0.6 is 22.9 Å². The Bertz CT molecular complexity index is 941. The van der Waals surface area contributed by atoms with Gasteiger partial charge in [0.05, 0.1) is 10.5 Å². The lowest BCUT2D eigenvalue weighted by atomic mass is 9.88. The van der Waals surface area contributed by atoms with Crippen LogP contribution in [0.1, 0.15) is 44.5 Å². The Labute approximate surface area is 164 Å². The van der Waals surface area contributed by atoms with Crippen molar-refractivity contribution in [2.75, 3.05) is 12.4 Å². The highest BCUT2D eigenvalue weighted by Gasteiger charge is 2.29. The van der Waals surface area contributed by atoms with Gasteiger partial charge in [-0.2, -0.15) is 0 Å². The molecule has 0 fully saturated rings. The van der Waals surface area contributed by atoms with Crippen molar-refractivity contribution in [1.29, 1.82) is 0 Å². The SMILES string of the molecule is CNC(=O)c1c(NC(=O)c2cc(Cl)ccc2[N+](=O)[O-])sc2c1CCC(C)C2. The summed E-state index contributed by atoms with van der Waals surface area (Å²) < 4.78 is 0. The standard InChI is InChI=1S/C18H18ClN3O4S/c1-9-3-5-11-14(7-9)27-18(15(11)17(24)20-2)21-16(23)12-8-10(19)4-6-13(12)22(25)26/h4,6,8-9H,3,5,7H2,1-2H3,(H,20,24)(H,21,23). The molecule has 0 radical (unpaired) electrons. The van der Waals surface area contributed by atoms with Crippen molar-refractivity contribution in [3.05, 3.63) is 54.9 Å². The van der Waals surface area contributed by atoms with E-state index in [4.69, 9.17) is 11.6 Å². The summed E-state index contributed by atoms with van der Waals surface area (Å²) in [5.74, 6) is -0.440. The lowest BCUT2D eigenvalue weighted by Crippen LogP contribution is -2.23. The first-order chi connectivity index (χ1) is 12.8. The van der Waals surface area contributed by atoms with Gasteiger partial charge in [-0.3, -0.25) is 19.7 Å². The van der Waals surface area contributed by atoms with Gasteiger partial charge in [-0.1, -0.05) is 18.5 Å². The Hall–Kier alpha value is -2.45. The molecule has 7 nitrogen and oxygen atoms in total. The number of nitrogens with one attached hydrogen (secondary N) is 2. The van der Waals surface area contributed by atoms with Gasteiger partial charge in [0.2, 0.25) is 0 Å². The number of fused-ring (bicyclic) bond motifs is 1. The third-order valence-corrected chi connectivity index (χ3v) is 6.00. The second-order valence-corrected chi connectivity index (χ2v) is 8.05. The van der Waals surface area contributed by atoms with E-state index in [9.17, 15) is 19.7 Å². The smallest absolute Gasteiger partial charge is 0.282 e. The van der Waals surface area contributed by atoms with Gasteiger partial charge in [0.1, 0.15) is 10.6 Å². The first kappa shape index (κ1) is 19.3. The molecule has 1 atom stereocenters. The van der Waals surface area contributed by atoms with Gasteiger partial charge in [-0.15, -0.1) is 11.3 Å². The van der Waals surface area contributed by atoms with Crippen LogP contribution in [0.3, 0.4) is 0 Å². The van der Waals surface area contributed by atoms with Gasteiger partial charge in [0, 0.05) is 23.0 Å². The largest absolute Gasteiger partial charge is 0.355 e. The molecule has 0 bridgehead atoms. The maximum atomic E-state index is 12.7. The molecule has 27 heavy (non-hydrogen) atoms. The third kappa shape index (κ3) is 3.81. The number of benzene rings is 1. The molecule has 0 saturated carbocycles. The number of nitrogens with zero attached hydrogens (tertiary/aromatic N) is 1. The van der Waals surface area contributed by atoms with Gasteiger partial charge < -0.3 is 10.6 Å². The Kier molecular flexibility index (Phi) is 5.48. The molecule has 0 saturated heterocycles. The molecular formula is C18H18ClN3O4S. The molecule has 0 spiro atoms. The topological polar surface area (TPSA) is 101 Å². The van der Waals surface area contributed by atoms with Crippen molar-refractivity contribution < 1.29 is 14.5 Å². The number of halogens is 1. The number of nitro groups is 1. The normalized spacial score (nSPS) is 15.7. The molecule has 1 aromatic carbocycles. The molecule has 1 unspecified atom stereocenters. The van der Waals surface area contributed by atoms with Gasteiger partial charge in [-0.05, 0) is 42.9 Å². The van der Waals surface area contributed by atoms with E-state index in [-0.39, 0.29) is 22.2 Å². The van der Waals surface area contributed by atoms with Crippen LogP contribution < -0.4 is 10.6 Å². The second kappa shape index (κ2) is 7.66. The van der Waals surface area contributed by atoms with Crippen molar-refractivity contribution in [3.63, 3.8) is 0 Å². The van der Waals surface area contributed by atoms with E-state index in [1.54, 1.807) is 0 Å². The average molecular weight is 408 g/mol. The van der Waals surface area contributed by atoms with E-state index < -0.39 is 10.8 Å². The highest BCUT2D eigenvalue weighted by atomic mass is 35.5. The third-order valence-electron chi connectivity index (χ3n) is 4.59. The van der Waals surface area contributed by atoms with Crippen molar-refractivity contribution in [3.8, 4) is 0 Å². The van der Waals surface area contributed by atoms with Crippen LogP contribution in [0, 0.1) is 16.0 Å². The lowest BCUT2D eigenvalue weighted by Gasteiger charge is -2.18. The van der Waals surface area contributed by atoms with Crippen LogP contribution in [0.5, 0.6) is 0 Å². The van der Waals surface area contributed by atoms with Crippen LogP contribution in [0.25, 0.3) is 0 Å². The van der Waals surface area contributed by atoms with E-state index >= 15 is 0 Å². The monoisotopic (exact) mass is 407 g/mol. The minimum atomic E-state index is -0.666. The summed E-state index contributed by atoms with van der Waals surface area (Å²) in [5.41, 5.74) is 0.916. The number of hydrogen-bond acceptors (Lipinski definition) is 5. The molecule has 9 heteroatoms. The van der Waals surface area contributed by atoms with E-state index in [0.717, 1.165) is 29.7 Å². The van der Waals surface area contributed by atoms with Crippen molar-refractivity contribution >= 4 is 45.4 Å². The zero-order chi connectivity index (χ0) is 19.7. The summed E-state index contributed by atoms with van der Waals surface area (Å²) >= 11 is 7.26. The highest BCUT2D eigenvalue weighted by molar-refractivity contribution is 7.17. The number of anilines is 1. The highest BCUT2D eigenvalue weighted by Crippen LogP contribution is 2.40. The van der Waals surface area contributed by atoms with Gasteiger partial charge in [-0.25, -0.2) is 0 Å². The summed E-state index contributed by atoms with van der Waals surface area (Å²) in [7, 11) is 1.53. The summed E-state index contributed by atoms with van der Waals surface area (Å²) in [5, 5.41) is 17.2. The Morgan fingerprint density at radius 3 is 2.74 bits per heavy atom. The van der Waals surface area contributed by atoms with E-state index in [1.807, 2.05) is 0 Å². The molecule has 1 aliphatic carbocycles. The molecular weight excluding hydrogens is 390 g/mol. The molecule has 1 heterocycles. The maximum absolute atomic E-state index is 12.7. The van der Waals surface area contributed by atoms with Crippen LogP contribution in [-0.2, 0) is 12.8 Å². The zero-order valence-electron chi connectivity index (χ0n) is 14.8. The molecule has 2 amide bonds. The number of rotatable bonds is 4. The number of thiophene rings is 1. The molecule has 3 rings (SSSR count). The molecule has 2 aromatic rings. The van der Waals surface area contributed by atoms with Gasteiger partial charge in [0.25, 0.3) is 17.5 Å². The fourth-order valence-electron chi connectivity index (χ4n) is 3.22. The Balaban J connectivity index is 2.01. The quantitative estimate of drug-likeness (QED) is 0.589. The summed E-state index contributed by atoms with van der Waals surface area (Å²) in [4.78, 5) is 36.8. The van der Waals surface area contributed by atoms with E-state index in [1.165, 1.54) is 36.6 Å². The van der Waals surface area contributed by atoms with Crippen LogP contribution in [-0.4, -0.2) is 23.8 Å². The van der Waals surface area contributed by atoms with Crippen LogP contribution in [0.15, 0.2) is 18.2 Å². The molecule has 142 valence electrons. The van der Waals surface area contributed by atoms with E-state index in [2.05, 4.69) is 17.6 Å². The van der Waals surface area contributed by atoms with Crippen molar-refractivity contribution in [1.82, 2.24) is 5.32 Å². The minimum absolute atomic E-state index is 0.143. The predicted molar refractivity (Wildman–Crippen MR) is 105 cm³/mol.